The van der Waals surface area contributed by atoms with Crippen LogP contribution in [-0.2, 0) is 9.59 Å². The quantitative estimate of drug-likeness (QED) is 0.735. The first kappa shape index (κ1) is 20.5. The number of hydrogen-bond donors (Lipinski definition) is 1. The van der Waals surface area contributed by atoms with Crippen molar-refractivity contribution in [1.82, 2.24) is 5.32 Å². The molecule has 0 fully saturated rings. The van der Waals surface area contributed by atoms with Gasteiger partial charge in [0.1, 0.15) is 11.3 Å². The second kappa shape index (κ2) is 8.24. The third kappa shape index (κ3) is 4.48. The van der Waals surface area contributed by atoms with Crippen LogP contribution in [0.25, 0.3) is 11.0 Å². The Kier molecular flexibility index (Phi) is 6.25. The summed E-state index contributed by atoms with van der Waals surface area (Å²) in [6.07, 6.45) is -0.358. The van der Waals surface area contributed by atoms with Gasteiger partial charge in [0.05, 0.1) is 12.0 Å². The second-order valence-corrected chi connectivity index (χ2v) is 6.75. The van der Waals surface area contributed by atoms with Gasteiger partial charge in [0, 0.05) is 17.0 Å². The first-order valence-electron chi connectivity index (χ1n) is 8.87. The van der Waals surface area contributed by atoms with Gasteiger partial charge in [0.2, 0.25) is 0 Å². The minimum Gasteiger partial charge on any atom is -0.548 e. The molecule has 7 heteroatoms. The molecule has 0 aliphatic heterocycles. The summed E-state index contributed by atoms with van der Waals surface area (Å²) < 4.78 is 10.9. The van der Waals surface area contributed by atoms with Crippen LogP contribution in [0.3, 0.4) is 0 Å². The Balaban J connectivity index is 2.18. The highest BCUT2D eigenvalue weighted by Gasteiger charge is 2.23. The molecule has 0 aliphatic rings. The highest BCUT2D eigenvalue weighted by atomic mass is 16.5. The molecule has 2 rings (SSSR count). The van der Waals surface area contributed by atoms with Gasteiger partial charge in [-0.2, -0.15) is 0 Å². The summed E-state index contributed by atoms with van der Waals surface area (Å²) in [5.41, 5.74) is 1.31. The Labute approximate surface area is 157 Å². The van der Waals surface area contributed by atoms with Crippen LogP contribution < -0.4 is 20.8 Å². The summed E-state index contributed by atoms with van der Waals surface area (Å²) in [5, 5.41) is 14.5. The van der Waals surface area contributed by atoms with E-state index in [9.17, 15) is 19.5 Å². The molecule has 1 aromatic carbocycles. The monoisotopic (exact) mass is 374 g/mol. The number of rotatable bonds is 7. The van der Waals surface area contributed by atoms with E-state index in [0.717, 1.165) is 10.9 Å². The van der Waals surface area contributed by atoms with Crippen LogP contribution in [0.4, 0.5) is 0 Å². The number of fused-ring (bicyclic) bond motifs is 1. The van der Waals surface area contributed by atoms with Crippen molar-refractivity contribution in [2.24, 2.45) is 5.92 Å². The van der Waals surface area contributed by atoms with Gasteiger partial charge in [-0.3, -0.25) is 4.79 Å². The van der Waals surface area contributed by atoms with Crippen LogP contribution in [0.2, 0.25) is 0 Å². The van der Waals surface area contributed by atoms with Crippen LogP contribution >= 0.6 is 0 Å². The largest absolute Gasteiger partial charge is 0.548 e. The van der Waals surface area contributed by atoms with Gasteiger partial charge < -0.3 is 24.4 Å². The Morgan fingerprint density at radius 2 is 1.89 bits per heavy atom. The van der Waals surface area contributed by atoms with Gasteiger partial charge in [-0.1, -0.05) is 20.3 Å². The maximum atomic E-state index is 12.3. The van der Waals surface area contributed by atoms with Gasteiger partial charge in [-0.25, -0.2) is 4.79 Å². The Morgan fingerprint density at radius 1 is 1.22 bits per heavy atom. The lowest BCUT2D eigenvalue weighted by Crippen LogP contribution is -2.54. The predicted octanol–water partition coefficient (Wildman–Crippen LogP) is 1.46. The maximum Gasteiger partial charge on any atom is 0.339 e. The zero-order valence-corrected chi connectivity index (χ0v) is 16.1. The number of carboxylic acids is 1. The van der Waals surface area contributed by atoms with E-state index in [1.54, 1.807) is 26.0 Å². The van der Waals surface area contributed by atoms with Crippen molar-refractivity contribution in [1.29, 1.82) is 0 Å². The number of ether oxygens (including phenoxy) is 1. The number of carbonyl (C=O) groups is 2. The Bertz CT molecular complexity index is 917. The lowest BCUT2D eigenvalue weighted by molar-refractivity contribution is -0.309. The van der Waals surface area contributed by atoms with Crippen molar-refractivity contribution in [3.63, 3.8) is 0 Å². The van der Waals surface area contributed by atoms with Gasteiger partial charge in [0.25, 0.3) is 5.91 Å². The summed E-state index contributed by atoms with van der Waals surface area (Å²) in [6.45, 7) is 8.60. The molecule has 0 unspecified atom stereocenters. The van der Waals surface area contributed by atoms with E-state index in [0.29, 0.717) is 23.3 Å². The van der Waals surface area contributed by atoms with E-state index in [-0.39, 0.29) is 5.92 Å². The number of aryl methyl sites for hydroxylation is 1. The molecule has 0 saturated heterocycles. The summed E-state index contributed by atoms with van der Waals surface area (Å²) in [7, 11) is 0. The molecule has 0 saturated carbocycles. The number of carbonyl (C=O) groups excluding carboxylic acids is 2. The molecule has 1 N–H and O–H groups in total. The number of hydrogen-bond acceptors (Lipinski definition) is 6. The van der Waals surface area contributed by atoms with E-state index in [1.807, 2.05) is 13.8 Å². The minimum absolute atomic E-state index is 0.271. The molecule has 1 heterocycles. The van der Waals surface area contributed by atoms with Crippen LogP contribution in [0, 0.1) is 19.8 Å². The lowest BCUT2D eigenvalue weighted by atomic mass is 9.99. The fraction of sp³-hybridized carbons (Fsp3) is 0.450. The highest BCUT2D eigenvalue weighted by Crippen LogP contribution is 2.24. The van der Waals surface area contributed by atoms with E-state index < -0.39 is 29.6 Å². The molecule has 0 radical (unpaired) electrons. The zero-order chi connectivity index (χ0) is 20.3. The first-order valence-corrected chi connectivity index (χ1v) is 8.87. The highest BCUT2D eigenvalue weighted by molar-refractivity contribution is 5.86. The molecule has 27 heavy (non-hydrogen) atoms. The van der Waals surface area contributed by atoms with E-state index in [4.69, 9.17) is 9.15 Å². The van der Waals surface area contributed by atoms with Gasteiger partial charge in [-0.05, 0) is 44.4 Å². The van der Waals surface area contributed by atoms with Gasteiger partial charge in [0.15, 0.2) is 6.10 Å². The molecular weight excluding hydrogens is 350 g/mol. The summed E-state index contributed by atoms with van der Waals surface area (Å²) in [6, 6.07) is 3.87. The molecule has 2 aromatic rings. The van der Waals surface area contributed by atoms with E-state index in [2.05, 4.69) is 5.32 Å². The number of nitrogens with one attached hydrogen (secondary N) is 1. The van der Waals surface area contributed by atoms with E-state index >= 15 is 0 Å². The molecule has 0 aliphatic carbocycles. The standard InChI is InChI=1S/C20H25NO6/c1-6-10(2)17(19(23)24)21-18(22)13(5)26-14-7-8-15-11(3)12(4)20(25)27-16(15)9-14/h7-10,13,17H,6H2,1-5H3,(H,21,22)(H,23,24)/p-1/t10-,13+,17-/m0/s1. The first-order chi connectivity index (χ1) is 12.6. The molecule has 0 bridgehead atoms. The van der Waals surface area contributed by atoms with Crippen molar-refractivity contribution in [3.8, 4) is 5.75 Å². The SMILES string of the molecule is CC[C@H](C)[C@H](NC(=O)[C@@H](C)Oc1ccc2c(C)c(C)c(=O)oc2c1)C(=O)[O-]. The third-order valence-corrected chi connectivity index (χ3v) is 4.88. The van der Waals surface area contributed by atoms with Crippen LogP contribution in [0.15, 0.2) is 27.4 Å². The van der Waals surface area contributed by atoms with Crippen molar-refractivity contribution in [3.05, 3.63) is 39.7 Å². The van der Waals surface area contributed by atoms with Gasteiger partial charge in [-0.15, -0.1) is 0 Å². The predicted molar refractivity (Wildman–Crippen MR) is 98.4 cm³/mol. The minimum atomic E-state index is -1.33. The Hall–Kier alpha value is -2.83. The Morgan fingerprint density at radius 3 is 2.48 bits per heavy atom. The molecule has 7 nitrogen and oxygen atoms in total. The van der Waals surface area contributed by atoms with Crippen LogP contribution in [0.5, 0.6) is 5.75 Å². The van der Waals surface area contributed by atoms with Crippen LogP contribution in [-0.4, -0.2) is 24.0 Å². The molecule has 0 spiro atoms. The van der Waals surface area contributed by atoms with E-state index in [1.165, 1.54) is 13.0 Å². The molecule has 1 aromatic heterocycles. The maximum absolute atomic E-state index is 12.3. The number of amides is 1. The third-order valence-electron chi connectivity index (χ3n) is 4.88. The van der Waals surface area contributed by atoms with Crippen molar-refractivity contribution in [2.45, 2.75) is 53.2 Å². The fourth-order valence-electron chi connectivity index (χ4n) is 2.70. The normalized spacial score (nSPS) is 14.4. The zero-order valence-electron chi connectivity index (χ0n) is 16.1. The fourth-order valence-corrected chi connectivity index (χ4v) is 2.70. The summed E-state index contributed by atoms with van der Waals surface area (Å²) >= 11 is 0. The molecule has 146 valence electrons. The average molecular weight is 374 g/mol. The average Bonchev–Trinajstić information content (AvgIpc) is 2.62. The van der Waals surface area contributed by atoms with Crippen molar-refractivity contribution >= 4 is 22.8 Å². The smallest absolute Gasteiger partial charge is 0.339 e. The second-order valence-electron chi connectivity index (χ2n) is 6.75. The molecule has 1 amide bonds. The summed E-state index contributed by atoms with van der Waals surface area (Å²) in [5.74, 6) is -1.83. The van der Waals surface area contributed by atoms with Gasteiger partial charge >= 0.3 is 5.63 Å². The number of aliphatic carboxylic acids is 1. The topological polar surface area (TPSA) is 109 Å². The number of benzene rings is 1. The molecule has 3 atom stereocenters. The lowest BCUT2D eigenvalue weighted by Gasteiger charge is -2.26. The van der Waals surface area contributed by atoms with Crippen molar-refractivity contribution < 1.29 is 23.8 Å². The number of carboxylic acid groups (broad SMARTS) is 1. The van der Waals surface area contributed by atoms with Crippen molar-refractivity contribution in [2.75, 3.05) is 0 Å². The van der Waals surface area contributed by atoms with Crippen LogP contribution in [0.1, 0.15) is 38.3 Å². The molecular formula is C20H24NO6-. The summed E-state index contributed by atoms with van der Waals surface area (Å²) in [4.78, 5) is 35.4.